The molecule has 136 valence electrons. The lowest BCUT2D eigenvalue weighted by Gasteiger charge is -2.29. The minimum atomic E-state index is -0.111. The highest BCUT2D eigenvalue weighted by Gasteiger charge is 2.27. The third kappa shape index (κ3) is 4.18. The first kappa shape index (κ1) is 19.4. The van der Waals surface area contributed by atoms with Gasteiger partial charge < -0.3 is 9.84 Å². The van der Waals surface area contributed by atoms with E-state index in [1.54, 1.807) is 7.11 Å². The zero-order valence-corrected chi connectivity index (χ0v) is 16.9. The lowest BCUT2D eigenvalue weighted by Crippen LogP contribution is -2.18. The summed E-state index contributed by atoms with van der Waals surface area (Å²) < 4.78 is 5.26. The van der Waals surface area contributed by atoms with Gasteiger partial charge in [-0.25, -0.2) is 0 Å². The van der Waals surface area contributed by atoms with Crippen molar-refractivity contribution in [1.29, 1.82) is 0 Å². The molecule has 0 radical (unpaired) electrons. The maximum atomic E-state index is 11.0. The second-order valence-corrected chi connectivity index (χ2v) is 8.96. The Morgan fingerprint density at radius 2 is 1.44 bits per heavy atom. The third-order valence-corrected chi connectivity index (χ3v) is 4.90. The van der Waals surface area contributed by atoms with Crippen molar-refractivity contribution < 1.29 is 9.84 Å². The summed E-state index contributed by atoms with van der Waals surface area (Å²) in [6, 6.07) is 12.4. The normalized spacial score (nSPS) is 13.6. The van der Waals surface area contributed by atoms with E-state index in [1.165, 1.54) is 11.1 Å². The molecule has 2 nitrogen and oxygen atoms in total. The van der Waals surface area contributed by atoms with E-state index in [2.05, 4.69) is 72.7 Å². The SMILES string of the molecule is COc1ccc([C@@H](C)c2cc(C(C)(C)C)cc(C(C)(C)C)c2O)cc1. The maximum absolute atomic E-state index is 11.0. The lowest BCUT2D eigenvalue weighted by atomic mass is 9.77. The van der Waals surface area contributed by atoms with Crippen LogP contribution in [0.5, 0.6) is 11.5 Å². The van der Waals surface area contributed by atoms with Crippen LogP contribution in [0.1, 0.15) is 76.6 Å². The van der Waals surface area contributed by atoms with E-state index < -0.39 is 0 Å². The summed E-state index contributed by atoms with van der Waals surface area (Å²) in [6.45, 7) is 15.2. The van der Waals surface area contributed by atoms with E-state index in [9.17, 15) is 5.11 Å². The fourth-order valence-corrected chi connectivity index (χ4v) is 3.06. The van der Waals surface area contributed by atoms with Crippen molar-refractivity contribution in [3.05, 3.63) is 58.7 Å². The number of aromatic hydroxyl groups is 1. The Kier molecular flexibility index (Phi) is 5.22. The van der Waals surface area contributed by atoms with Gasteiger partial charge in [-0.05, 0) is 39.7 Å². The second kappa shape index (κ2) is 6.74. The van der Waals surface area contributed by atoms with Crippen molar-refractivity contribution in [3.63, 3.8) is 0 Å². The van der Waals surface area contributed by atoms with E-state index in [0.29, 0.717) is 5.75 Å². The first-order valence-electron chi connectivity index (χ1n) is 8.97. The topological polar surface area (TPSA) is 29.5 Å². The smallest absolute Gasteiger partial charge is 0.123 e. The summed E-state index contributed by atoms with van der Waals surface area (Å²) in [5, 5.41) is 11.0. The molecular formula is C23H32O2. The maximum Gasteiger partial charge on any atom is 0.123 e. The number of methoxy groups -OCH3 is 1. The predicted octanol–water partition coefficient (Wildman–Crippen LogP) is 6.15. The molecule has 1 atom stereocenters. The van der Waals surface area contributed by atoms with Gasteiger partial charge in [0, 0.05) is 11.5 Å². The van der Waals surface area contributed by atoms with Crippen molar-refractivity contribution in [2.24, 2.45) is 0 Å². The summed E-state index contributed by atoms with van der Waals surface area (Å²) in [4.78, 5) is 0. The first-order chi connectivity index (χ1) is 11.4. The molecule has 1 N–H and O–H groups in total. The van der Waals surface area contributed by atoms with Crippen LogP contribution in [0.25, 0.3) is 0 Å². The van der Waals surface area contributed by atoms with Crippen LogP contribution in [0.15, 0.2) is 36.4 Å². The van der Waals surface area contributed by atoms with Gasteiger partial charge in [-0.2, -0.15) is 0 Å². The van der Waals surface area contributed by atoms with Crippen molar-refractivity contribution in [2.75, 3.05) is 7.11 Å². The Labute approximate surface area is 152 Å². The molecule has 2 rings (SSSR count). The number of phenols is 1. The fourth-order valence-electron chi connectivity index (χ4n) is 3.06. The van der Waals surface area contributed by atoms with Gasteiger partial charge in [0.25, 0.3) is 0 Å². The van der Waals surface area contributed by atoms with E-state index in [4.69, 9.17) is 4.74 Å². The van der Waals surface area contributed by atoms with E-state index in [-0.39, 0.29) is 16.7 Å². The van der Waals surface area contributed by atoms with E-state index in [0.717, 1.165) is 16.9 Å². The van der Waals surface area contributed by atoms with Crippen LogP contribution in [-0.4, -0.2) is 12.2 Å². The van der Waals surface area contributed by atoms with Crippen LogP contribution in [0.4, 0.5) is 0 Å². The molecule has 0 unspecified atom stereocenters. The van der Waals surface area contributed by atoms with Crippen LogP contribution in [0.2, 0.25) is 0 Å². The molecule has 2 aromatic carbocycles. The molecule has 0 saturated heterocycles. The van der Waals surface area contributed by atoms with Gasteiger partial charge in [0.1, 0.15) is 11.5 Å². The Morgan fingerprint density at radius 1 is 0.880 bits per heavy atom. The van der Waals surface area contributed by atoms with Crippen LogP contribution in [0, 0.1) is 0 Å². The lowest BCUT2D eigenvalue weighted by molar-refractivity contribution is 0.414. The molecule has 0 spiro atoms. The van der Waals surface area contributed by atoms with Gasteiger partial charge in [0.15, 0.2) is 0 Å². The number of benzene rings is 2. The number of rotatable bonds is 3. The molecule has 0 aliphatic carbocycles. The summed E-state index contributed by atoms with van der Waals surface area (Å²) >= 11 is 0. The van der Waals surface area contributed by atoms with Gasteiger partial charge in [-0.15, -0.1) is 0 Å². The quantitative estimate of drug-likeness (QED) is 0.726. The molecule has 0 aliphatic rings. The molecule has 0 bridgehead atoms. The molecule has 0 amide bonds. The average molecular weight is 341 g/mol. The van der Waals surface area contributed by atoms with Crippen molar-refractivity contribution in [1.82, 2.24) is 0 Å². The van der Waals surface area contributed by atoms with Gasteiger partial charge >= 0.3 is 0 Å². The highest BCUT2D eigenvalue weighted by atomic mass is 16.5. The summed E-state index contributed by atoms with van der Waals surface area (Å²) in [6.07, 6.45) is 0. The van der Waals surface area contributed by atoms with Crippen molar-refractivity contribution in [2.45, 2.75) is 65.2 Å². The Balaban J connectivity index is 2.61. The van der Waals surface area contributed by atoms with Gasteiger partial charge in [-0.3, -0.25) is 0 Å². The number of ether oxygens (including phenoxy) is 1. The van der Waals surface area contributed by atoms with Crippen LogP contribution in [0.3, 0.4) is 0 Å². The van der Waals surface area contributed by atoms with Crippen LogP contribution < -0.4 is 4.74 Å². The highest BCUT2D eigenvalue weighted by molar-refractivity contribution is 5.52. The van der Waals surface area contributed by atoms with E-state index in [1.807, 2.05) is 12.1 Å². The van der Waals surface area contributed by atoms with Gasteiger partial charge in [0.05, 0.1) is 7.11 Å². The highest BCUT2D eigenvalue weighted by Crippen LogP contribution is 2.42. The predicted molar refractivity (Wildman–Crippen MR) is 106 cm³/mol. The minimum Gasteiger partial charge on any atom is -0.507 e. The number of phenolic OH excluding ortho intramolecular Hbond substituents is 1. The molecule has 25 heavy (non-hydrogen) atoms. The monoisotopic (exact) mass is 340 g/mol. The van der Waals surface area contributed by atoms with Crippen molar-refractivity contribution >= 4 is 0 Å². The van der Waals surface area contributed by atoms with E-state index >= 15 is 0 Å². The molecule has 0 heterocycles. The Bertz CT molecular complexity index is 728. The second-order valence-electron chi connectivity index (χ2n) is 8.96. The fraction of sp³-hybridized carbons (Fsp3) is 0.478. The molecule has 2 heteroatoms. The molecule has 0 aliphatic heterocycles. The average Bonchev–Trinajstić information content (AvgIpc) is 2.52. The minimum absolute atomic E-state index is 0.0298. The van der Waals surface area contributed by atoms with Gasteiger partial charge in [0.2, 0.25) is 0 Å². The Hall–Kier alpha value is -1.96. The molecular weight excluding hydrogens is 308 g/mol. The molecule has 0 fully saturated rings. The standard InChI is InChI=1S/C23H32O2/c1-15(16-9-11-18(25-8)12-10-16)19-13-17(22(2,3)4)14-20(21(19)24)23(5,6)7/h9-15,24H,1-8H3/t15-/m1/s1. The Morgan fingerprint density at radius 3 is 1.88 bits per heavy atom. The summed E-state index contributed by atoms with van der Waals surface area (Å²) in [7, 11) is 1.67. The molecule has 0 aromatic heterocycles. The largest absolute Gasteiger partial charge is 0.507 e. The molecule has 2 aromatic rings. The molecule has 0 saturated carbocycles. The first-order valence-corrected chi connectivity index (χ1v) is 8.97. The number of hydrogen-bond acceptors (Lipinski definition) is 2. The van der Waals surface area contributed by atoms with Crippen molar-refractivity contribution in [3.8, 4) is 11.5 Å². The van der Waals surface area contributed by atoms with Gasteiger partial charge in [-0.1, -0.05) is 72.7 Å². The third-order valence-electron chi connectivity index (χ3n) is 4.90. The summed E-state index contributed by atoms with van der Waals surface area (Å²) in [5.74, 6) is 1.37. The van der Waals surface area contributed by atoms with Crippen LogP contribution >= 0.6 is 0 Å². The zero-order valence-electron chi connectivity index (χ0n) is 16.9. The zero-order chi connectivity index (χ0) is 19.0. The number of hydrogen-bond donors (Lipinski definition) is 1. The summed E-state index contributed by atoms with van der Waals surface area (Å²) in [5.41, 5.74) is 4.34. The van der Waals surface area contributed by atoms with Crippen LogP contribution in [-0.2, 0) is 10.8 Å².